The number of rotatable bonds is 9. The van der Waals surface area contributed by atoms with Gasteiger partial charge in [0.1, 0.15) is 11.6 Å². The molecule has 0 saturated carbocycles. The van der Waals surface area contributed by atoms with Gasteiger partial charge in [-0.2, -0.15) is 0 Å². The topological polar surface area (TPSA) is 50.8 Å². The van der Waals surface area contributed by atoms with Crippen molar-refractivity contribution in [3.8, 4) is 0 Å². The molecule has 2 heterocycles. The lowest BCUT2D eigenvalue weighted by atomic mass is 10.1. The Labute approximate surface area is 177 Å². The number of nitrogens with zero attached hydrogens (tertiary/aromatic N) is 2. The number of methoxy groups -OCH3 is 1. The van der Waals surface area contributed by atoms with Crippen LogP contribution in [-0.2, 0) is 11.2 Å². The number of H-pyrrole nitrogens is 1. The molecular weight excluding hydrogens is 393 g/mol. The summed E-state index contributed by atoms with van der Waals surface area (Å²) in [7, 11) is 1.62. The highest BCUT2D eigenvalue weighted by Crippen LogP contribution is 2.20. The van der Waals surface area contributed by atoms with E-state index < -0.39 is 0 Å². The van der Waals surface area contributed by atoms with E-state index in [4.69, 9.17) is 27.9 Å². The number of fused-ring (bicyclic) bond motifs is 1. The molecule has 1 N–H and O–H groups in total. The zero-order chi connectivity index (χ0) is 20.9. The van der Waals surface area contributed by atoms with E-state index >= 15 is 0 Å². The molecule has 4 nitrogen and oxygen atoms in total. The van der Waals surface area contributed by atoms with Crippen molar-refractivity contribution in [1.29, 1.82) is 0 Å². The second-order valence-corrected chi connectivity index (χ2v) is 6.27. The van der Waals surface area contributed by atoms with E-state index in [1.165, 1.54) is 0 Å². The van der Waals surface area contributed by atoms with Crippen LogP contribution >= 0.6 is 23.2 Å². The minimum absolute atomic E-state index is 0.448. The second-order valence-electron chi connectivity index (χ2n) is 5.47. The van der Waals surface area contributed by atoms with E-state index in [9.17, 15) is 0 Å². The third kappa shape index (κ3) is 7.37. The van der Waals surface area contributed by atoms with Crippen molar-refractivity contribution in [2.45, 2.75) is 26.7 Å². The van der Waals surface area contributed by atoms with Gasteiger partial charge in [-0.1, -0.05) is 56.8 Å². The van der Waals surface area contributed by atoms with E-state index in [1.807, 2.05) is 38.1 Å². The molecule has 2 rings (SSSR count). The highest BCUT2D eigenvalue weighted by Gasteiger charge is 2.08. The van der Waals surface area contributed by atoms with Crippen LogP contribution < -0.4 is 0 Å². The summed E-state index contributed by atoms with van der Waals surface area (Å²) in [6.07, 6.45) is 12.3. The number of aromatic amines is 1. The predicted octanol–water partition coefficient (Wildman–Crippen LogP) is 6.56. The van der Waals surface area contributed by atoms with E-state index in [-0.39, 0.29) is 0 Å². The van der Waals surface area contributed by atoms with Crippen LogP contribution in [0.3, 0.4) is 0 Å². The molecule has 0 spiro atoms. The number of nitrogens with one attached hydrogen (secondary N) is 1. The monoisotopic (exact) mass is 419 g/mol. The van der Waals surface area contributed by atoms with Gasteiger partial charge < -0.3 is 9.72 Å². The third-order valence-electron chi connectivity index (χ3n) is 3.57. The number of allylic oxidation sites excluding steroid dienone is 7. The first-order valence-electron chi connectivity index (χ1n) is 9.06. The predicted molar refractivity (Wildman–Crippen MR) is 122 cm³/mol. The van der Waals surface area contributed by atoms with Crippen molar-refractivity contribution in [1.82, 2.24) is 15.0 Å². The van der Waals surface area contributed by atoms with Crippen LogP contribution in [0.15, 0.2) is 66.4 Å². The molecule has 150 valence electrons. The number of aryl methyl sites for hydroxylation is 1. The molecule has 6 heteroatoms. The lowest BCUT2D eigenvalue weighted by Crippen LogP contribution is -1.90. The number of halogens is 2. The van der Waals surface area contributed by atoms with Gasteiger partial charge in [0, 0.05) is 29.1 Å². The second kappa shape index (κ2) is 13.0. The van der Waals surface area contributed by atoms with Crippen molar-refractivity contribution >= 4 is 40.1 Å². The lowest BCUT2D eigenvalue weighted by Gasteiger charge is -2.04. The zero-order valence-electron chi connectivity index (χ0n) is 16.6. The Hall–Kier alpha value is -2.30. The van der Waals surface area contributed by atoms with E-state index in [1.54, 1.807) is 25.5 Å². The van der Waals surface area contributed by atoms with Gasteiger partial charge in [-0.15, -0.1) is 11.6 Å². The molecule has 0 radical (unpaired) electrons. The molecular formula is C22H27Cl2N3O. The largest absolute Gasteiger partial charge is 0.496 e. The van der Waals surface area contributed by atoms with Gasteiger partial charge in [0.05, 0.1) is 12.6 Å². The van der Waals surface area contributed by atoms with Crippen LogP contribution in [-0.4, -0.2) is 27.9 Å². The quantitative estimate of drug-likeness (QED) is 0.284. The van der Waals surface area contributed by atoms with Gasteiger partial charge in [0.2, 0.25) is 0 Å². The summed E-state index contributed by atoms with van der Waals surface area (Å²) >= 11 is 11.6. The number of hydrogen-bond acceptors (Lipinski definition) is 3. The van der Waals surface area contributed by atoms with E-state index in [0.717, 1.165) is 28.9 Å². The molecule has 0 unspecified atom stereocenters. The molecule has 0 atom stereocenters. The van der Waals surface area contributed by atoms with Crippen LogP contribution in [0.25, 0.3) is 16.9 Å². The summed E-state index contributed by atoms with van der Waals surface area (Å²) in [5, 5.41) is 0.483. The van der Waals surface area contributed by atoms with Gasteiger partial charge in [0.25, 0.3) is 0 Å². The highest BCUT2D eigenvalue weighted by molar-refractivity contribution is 6.30. The maximum Gasteiger partial charge on any atom is 0.177 e. The average Bonchev–Trinajstić information content (AvgIpc) is 3.11. The summed E-state index contributed by atoms with van der Waals surface area (Å²) in [4.78, 5) is 12.2. The zero-order valence-corrected chi connectivity index (χ0v) is 18.1. The Morgan fingerprint density at radius 3 is 2.71 bits per heavy atom. The normalized spacial score (nSPS) is 12.0. The molecule has 0 aliphatic heterocycles. The molecule has 2 aromatic rings. The average molecular weight is 420 g/mol. The molecule has 0 fully saturated rings. The first-order valence-corrected chi connectivity index (χ1v) is 9.97. The van der Waals surface area contributed by atoms with Gasteiger partial charge in [-0.05, 0) is 30.2 Å². The van der Waals surface area contributed by atoms with Crippen LogP contribution in [0, 0.1) is 0 Å². The Balaban J connectivity index is 0.00000190. The Bertz CT molecular complexity index is 879. The summed E-state index contributed by atoms with van der Waals surface area (Å²) in [5.41, 5.74) is 3.42. The lowest BCUT2D eigenvalue weighted by molar-refractivity contribution is 0.370. The van der Waals surface area contributed by atoms with Crippen LogP contribution in [0.5, 0.6) is 0 Å². The molecule has 0 aliphatic carbocycles. The number of ether oxygens (including phenoxy) is 1. The molecule has 28 heavy (non-hydrogen) atoms. The summed E-state index contributed by atoms with van der Waals surface area (Å²) in [5.74, 6) is 1.99. The van der Waals surface area contributed by atoms with Crippen molar-refractivity contribution in [2.75, 3.05) is 13.0 Å². The van der Waals surface area contributed by atoms with Gasteiger partial charge in [0.15, 0.2) is 5.65 Å². The van der Waals surface area contributed by atoms with Crippen LogP contribution in [0.4, 0.5) is 0 Å². The fourth-order valence-electron chi connectivity index (χ4n) is 2.46. The number of imidazole rings is 1. The molecule has 0 bridgehead atoms. The van der Waals surface area contributed by atoms with Crippen LogP contribution in [0.1, 0.15) is 31.7 Å². The van der Waals surface area contributed by atoms with Crippen molar-refractivity contribution in [2.24, 2.45) is 0 Å². The Kier molecular flexibility index (Phi) is 11.0. The summed E-state index contributed by atoms with van der Waals surface area (Å²) in [6.45, 7) is 11.4. The molecule has 2 aromatic heterocycles. The number of aromatic nitrogens is 3. The van der Waals surface area contributed by atoms with E-state index in [2.05, 4.69) is 28.1 Å². The molecule has 0 aromatic carbocycles. The van der Waals surface area contributed by atoms with Gasteiger partial charge >= 0.3 is 0 Å². The molecule has 0 saturated heterocycles. The summed E-state index contributed by atoms with van der Waals surface area (Å²) in [6, 6.07) is 1.96. The highest BCUT2D eigenvalue weighted by atomic mass is 35.5. The first-order chi connectivity index (χ1) is 13.6. The smallest absolute Gasteiger partial charge is 0.177 e. The maximum atomic E-state index is 5.89. The SMILES string of the molecule is C=C/C=C(\OC)c1cnc2nc(CCC(/C=C\CCl)=C/C(=C)Cl)[nH]c2c1.CC. The summed E-state index contributed by atoms with van der Waals surface area (Å²) < 4.78 is 5.35. The third-order valence-corrected chi connectivity index (χ3v) is 3.86. The van der Waals surface area contributed by atoms with Gasteiger partial charge in [-0.3, -0.25) is 0 Å². The number of hydrogen-bond donors (Lipinski definition) is 1. The molecule has 0 aliphatic rings. The minimum atomic E-state index is 0.448. The van der Waals surface area contributed by atoms with Crippen molar-refractivity contribution < 1.29 is 4.74 Å². The van der Waals surface area contributed by atoms with Crippen molar-refractivity contribution in [3.63, 3.8) is 0 Å². The minimum Gasteiger partial charge on any atom is -0.496 e. The number of pyridine rings is 1. The number of alkyl halides is 1. The Morgan fingerprint density at radius 1 is 1.36 bits per heavy atom. The van der Waals surface area contributed by atoms with Gasteiger partial charge in [-0.25, -0.2) is 9.97 Å². The van der Waals surface area contributed by atoms with Crippen LogP contribution in [0.2, 0.25) is 0 Å². The maximum absolute atomic E-state index is 5.89. The molecule has 0 amide bonds. The fourth-order valence-corrected chi connectivity index (χ4v) is 2.68. The fraction of sp³-hybridized carbons (Fsp3) is 0.273. The Morgan fingerprint density at radius 2 is 2.11 bits per heavy atom. The first kappa shape index (κ1) is 23.7. The van der Waals surface area contributed by atoms with E-state index in [0.29, 0.717) is 28.7 Å². The standard InChI is InChI=1S/C20H21Cl2N3O.C2H6/c1-4-6-18(26-3)16-12-17-20(23-13-16)25-19(24-17)9-8-15(7-5-10-21)11-14(2)22;1-2/h4-7,11-13H,1-2,8-10H2,3H3,(H,23,24,25);1-2H3/b7-5-,15-11+,18-6-;. The van der Waals surface area contributed by atoms with Crippen molar-refractivity contribution in [3.05, 3.63) is 77.8 Å².